The molecule has 0 amide bonds. The van der Waals surface area contributed by atoms with Gasteiger partial charge in [-0.05, 0) is 62.1 Å². The predicted molar refractivity (Wildman–Crippen MR) is 115 cm³/mol. The topological polar surface area (TPSA) is 92.8 Å². The second kappa shape index (κ2) is 8.12. The van der Waals surface area contributed by atoms with Gasteiger partial charge >= 0.3 is 0 Å². The molecule has 10 heteroatoms. The number of sulfonamides is 2. The van der Waals surface area contributed by atoms with Crippen LogP contribution >= 0.6 is 11.6 Å². The molecule has 2 saturated heterocycles. The third kappa shape index (κ3) is 4.50. The van der Waals surface area contributed by atoms with Gasteiger partial charge in [-0.3, -0.25) is 0 Å². The van der Waals surface area contributed by atoms with Gasteiger partial charge in [0.15, 0.2) is 0 Å². The summed E-state index contributed by atoms with van der Waals surface area (Å²) >= 11 is 6.08. The molecule has 1 N–H and O–H groups in total. The van der Waals surface area contributed by atoms with Crippen molar-refractivity contribution >= 4 is 31.6 Å². The molecule has 0 aliphatic carbocycles. The van der Waals surface area contributed by atoms with Gasteiger partial charge in [0.2, 0.25) is 20.0 Å². The fourth-order valence-electron chi connectivity index (χ4n) is 4.40. The Morgan fingerprint density at radius 3 is 2.13 bits per heavy atom. The first-order valence-electron chi connectivity index (χ1n) is 9.67. The fraction of sp³-hybridized carbons (Fsp3) is 0.400. The van der Waals surface area contributed by atoms with Gasteiger partial charge in [0.1, 0.15) is 11.5 Å². The van der Waals surface area contributed by atoms with E-state index in [1.807, 2.05) is 0 Å². The SMILES string of the molecule is CS(=O)(=O)N1C2CCC1CC(NS(=O)(=O)c1ccc(Oc3ccccc3Cl)cc1)C2. The Morgan fingerprint density at radius 2 is 1.57 bits per heavy atom. The van der Waals surface area contributed by atoms with E-state index >= 15 is 0 Å². The summed E-state index contributed by atoms with van der Waals surface area (Å²) < 4.78 is 59.7. The lowest BCUT2D eigenvalue weighted by Gasteiger charge is -2.37. The van der Waals surface area contributed by atoms with Crippen molar-refractivity contribution in [3.63, 3.8) is 0 Å². The molecule has 2 aromatic carbocycles. The monoisotopic (exact) mass is 470 g/mol. The highest BCUT2D eigenvalue weighted by atomic mass is 35.5. The van der Waals surface area contributed by atoms with Crippen LogP contribution in [0.25, 0.3) is 0 Å². The summed E-state index contributed by atoms with van der Waals surface area (Å²) in [7, 11) is -7.01. The summed E-state index contributed by atoms with van der Waals surface area (Å²) in [6, 6.07) is 12.6. The lowest BCUT2D eigenvalue weighted by molar-refractivity contribution is 0.221. The van der Waals surface area contributed by atoms with Gasteiger partial charge in [-0.15, -0.1) is 0 Å². The van der Waals surface area contributed by atoms with Gasteiger partial charge in [0.25, 0.3) is 0 Å². The Hall–Kier alpha value is -1.65. The number of para-hydroxylation sites is 1. The average molecular weight is 471 g/mol. The van der Waals surface area contributed by atoms with Crippen molar-refractivity contribution in [3.8, 4) is 11.5 Å². The van der Waals surface area contributed by atoms with Gasteiger partial charge in [0.05, 0.1) is 16.2 Å². The number of nitrogens with zero attached hydrogens (tertiary/aromatic N) is 1. The zero-order valence-electron chi connectivity index (χ0n) is 16.4. The minimum atomic E-state index is -3.73. The van der Waals surface area contributed by atoms with Gasteiger partial charge in [0, 0.05) is 18.1 Å². The number of hydrogen-bond donors (Lipinski definition) is 1. The van der Waals surface area contributed by atoms with E-state index in [2.05, 4.69) is 4.72 Å². The van der Waals surface area contributed by atoms with Crippen LogP contribution in [-0.2, 0) is 20.0 Å². The maximum atomic E-state index is 12.8. The van der Waals surface area contributed by atoms with Crippen LogP contribution in [0.4, 0.5) is 0 Å². The molecule has 30 heavy (non-hydrogen) atoms. The van der Waals surface area contributed by atoms with Crippen LogP contribution < -0.4 is 9.46 Å². The van der Waals surface area contributed by atoms with Crippen molar-refractivity contribution in [2.45, 2.75) is 48.7 Å². The molecule has 0 spiro atoms. The van der Waals surface area contributed by atoms with E-state index in [1.54, 1.807) is 40.7 Å². The Labute approximate surface area is 182 Å². The Balaban J connectivity index is 1.44. The zero-order chi connectivity index (χ0) is 21.5. The second-order valence-electron chi connectivity index (χ2n) is 7.77. The van der Waals surface area contributed by atoms with Crippen LogP contribution in [0.3, 0.4) is 0 Å². The van der Waals surface area contributed by atoms with Crippen molar-refractivity contribution in [1.29, 1.82) is 0 Å². The summed E-state index contributed by atoms with van der Waals surface area (Å²) in [4.78, 5) is 0.131. The first-order chi connectivity index (χ1) is 14.1. The highest BCUT2D eigenvalue weighted by Gasteiger charge is 2.45. The molecular weight excluding hydrogens is 448 g/mol. The number of hydrogen-bond acceptors (Lipinski definition) is 5. The number of halogens is 1. The molecule has 2 heterocycles. The van der Waals surface area contributed by atoms with Gasteiger partial charge in [-0.1, -0.05) is 23.7 Å². The van der Waals surface area contributed by atoms with E-state index < -0.39 is 20.0 Å². The maximum absolute atomic E-state index is 12.8. The molecule has 0 aromatic heterocycles. The Bertz CT molecular complexity index is 1120. The minimum absolute atomic E-state index is 0.131. The van der Waals surface area contributed by atoms with Gasteiger partial charge < -0.3 is 4.74 Å². The molecule has 2 aromatic rings. The fourth-order valence-corrected chi connectivity index (χ4v) is 7.30. The van der Waals surface area contributed by atoms with Crippen LogP contribution in [0.5, 0.6) is 11.5 Å². The van der Waals surface area contributed by atoms with Crippen LogP contribution in [0.1, 0.15) is 25.7 Å². The van der Waals surface area contributed by atoms with E-state index in [1.165, 1.54) is 18.4 Å². The van der Waals surface area contributed by atoms with Crippen LogP contribution in [0.2, 0.25) is 5.02 Å². The largest absolute Gasteiger partial charge is 0.456 e. The van der Waals surface area contributed by atoms with E-state index in [0.717, 1.165) is 12.8 Å². The van der Waals surface area contributed by atoms with E-state index in [-0.39, 0.29) is 23.0 Å². The van der Waals surface area contributed by atoms with Crippen LogP contribution in [0.15, 0.2) is 53.4 Å². The zero-order valence-corrected chi connectivity index (χ0v) is 18.8. The summed E-state index contributed by atoms with van der Waals surface area (Å²) in [5, 5.41) is 0.464. The third-order valence-electron chi connectivity index (χ3n) is 5.57. The van der Waals surface area contributed by atoms with E-state index in [9.17, 15) is 16.8 Å². The number of ether oxygens (including phenoxy) is 1. The standard InChI is InChI=1S/C20H23ClN2O5S2/c1-29(24,25)23-15-6-7-16(23)13-14(12-15)22-30(26,27)18-10-8-17(9-11-18)28-20-5-3-2-4-19(20)21/h2-5,8-11,14-16,22H,6-7,12-13H2,1H3. The average Bonchev–Trinajstić information content (AvgIpc) is 2.96. The summed E-state index contributed by atoms with van der Waals surface area (Å²) in [5.41, 5.74) is 0. The minimum Gasteiger partial charge on any atom is -0.456 e. The van der Waals surface area contributed by atoms with Crippen molar-refractivity contribution < 1.29 is 21.6 Å². The molecular formula is C20H23ClN2O5S2. The molecule has 7 nitrogen and oxygen atoms in total. The molecule has 2 fully saturated rings. The van der Waals surface area contributed by atoms with Crippen LogP contribution in [-0.4, -0.2) is 45.5 Å². The molecule has 2 unspecified atom stereocenters. The highest BCUT2D eigenvalue weighted by molar-refractivity contribution is 7.89. The number of nitrogens with one attached hydrogen (secondary N) is 1. The van der Waals surface area contributed by atoms with Crippen LogP contribution in [0, 0.1) is 0 Å². The summed E-state index contributed by atoms with van der Waals surface area (Å²) in [5.74, 6) is 0.961. The Morgan fingerprint density at radius 1 is 0.967 bits per heavy atom. The summed E-state index contributed by atoms with van der Waals surface area (Å²) in [6.45, 7) is 0. The second-order valence-corrected chi connectivity index (χ2v) is 11.8. The van der Waals surface area contributed by atoms with Crippen molar-refractivity contribution in [2.24, 2.45) is 0 Å². The predicted octanol–water partition coefficient (Wildman–Crippen LogP) is 3.37. The smallest absolute Gasteiger partial charge is 0.240 e. The first kappa shape index (κ1) is 21.6. The normalized spacial score (nSPS) is 24.7. The molecule has 4 rings (SSSR count). The van der Waals surface area contributed by atoms with E-state index in [4.69, 9.17) is 16.3 Å². The third-order valence-corrected chi connectivity index (χ3v) is 8.78. The number of rotatable bonds is 6. The summed E-state index contributed by atoms with van der Waals surface area (Å²) in [6.07, 6.45) is 3.72. The quantitative estimate of drug-likeness (QED) is 0.698. The maximum Gasteiger partial charge on any atom is 0.240 e. The molecule has 2 bridgehead atoms. The lowest BCUT2D eigenvalue weighted by atomic mass is 10.0. The van der Waals surface area contributed by atoms with E-state index in [0.29, 0.717) is 29.4 Å². The van der Waals surface area contributed by atoms with Gasteiger partial charge in [-0.2, -0.15) is 4.31 Å². The van der Waals surface area contributed by atoms with Gasteiger partial charge in [-0.25, -0.2) is 21.6 Å². The lowest BCUT2D eigenvalue weighted by Crippen LogP contribution is -2.51. The molecule has 2 atom stereocenters. The van der Waals surface area contributed by atoms with Crippen molar-refractivity contribution in [2.75, 3.05) is 6.26 Å². The van der Waals surface area contributed by atoms with Crippen molar-refractivity contribution in [1.82, 2.24) is 9.03 Å². The number of benzene rings is 2. The molecule has 0 radical (unpaired) electrons. The Kier molecular flexibility index (Phi) is 5.84. The number of piperidine rings is 1. The highest BCUT2D eigenvalue weighted by Crippen LogP contribution is 2.38. The first-order valence-corrected chi connectivity index (χ1v) is 13.4. The molecule has 162 valence electrons. The van der Waals surface area contributed by atoms with Crippen molar-refractivity contribution in [3.05, 3.63) is 53.6 Å². The number of fused-ring (bicyclic) bond motifs is 2. The molecule has 2 aliphatic heterocycles. The molecule has 2 aliphatic rings. The molecule has 0 saturated carbocycles.